The average Bonchev–Trinajstić information content (AvgIpc) is 2.63. The zero-order chi connectivity index (χ0) is 11.9. The van der Waals surface area contributed by atoms with Crippen LogP contribution in [0.15, 0.2) is 12.6 Å². The van der Waals surface area contributed by atoms with Gasteiger partial charge in [0.2, 0.25) is 0 Å². The molecule has 86 valence electrons. The number of aliphatic hydroxyl groups excluding tert-OH is 1. The van der Waals surface area contributed by atoms with Crippen LogP contribution in [0, 0.1) is 13.8 Å². The number of benzene rings is 1. The summed E-state index contributed by atoms with van der Waals surface area (Å²) in [6.45, 7) is 9.94. The molecule has 0 bridgehead atoms. The second kappa shape index (κ2) is 3.63. The fourth-order valence-corrected chi connectivity index (χ4v) is 2.21. The van der Waals surface area contributed by atoms with E-state index >= 15 is 0 Å². The standard InChI is InChI=1S/C14H18O2/c1-5-11-6-9(2)10(3)13-12(11)7-14(4,8-15)16-13/h5-6,15H,1,7-8H2,2-4H3. The highest BCUT2D eigenvalue weighted by Crippen LogP contribution is 2.41. The van der Waals surface area contributed by atoms with Gasteiger partial charge in [0.1, 0.15) is 11.4 Å². The maximum Gasteiger partial charge on any atom is 0.133 e. The number of hydrogen-bond donors (Lipinski definition) is 1. The maximum absolute atomic E-state index is 9.37. The second-order valence-electron chi connectivity index (χ2n) is 4.81. The molecule has 2 nitrogen and oxygen atoms in total. The SMILES string of the molecule is C=Cc1cc(C)c(C)c2c1CC(C)(CO)O2. The predicted octanol–water partition coefficient (Wildman–Crippen LogP) is 2.63. The molecule has 0 fully saturated rings. The molecule has 1 unspecified atom stereocenters. The molecule has 0 radical (unpaired) electrons. The van der Waals surface area contributed by atoms with Crippen LogP contribution in [0.5, 0.6) is 5.75 Å². The molecule has 2 heteroatoms. The zero-order valence-corrected chi connectivity index (χ0v) is 10.1. The second-order valence-corrected chi connectivity index (χ2v) is 4.81. The smallest absolute Gasteiger partial charge is 0.133 e. The van der Waals surface area contributed by atoms with Crippen molar-refractivity contribution in [1.29, 1.82) is 0 Å². The lowest BCUT2D eigenvalue weighted by Gasteiger charge is -2.21. The number of aliphatic hydroxyl groups is 1. The normalized spacial score (nSPS) is 22.8. The monoisotopic (exact) mass is 218 g/mol. The minimum atomic E-state index is -0.474. The minimum Gasteiger partial charge on any atom is -0.484 e. The van der Waals surface area contributed by atoms with E-state index in [0.717, 1.165) is 23.3 Å². The lowest BCUT2D eigenvalue weighted by atomic mass is 9.93. The van der Waals surface area contributed by atoms with E-state index in [2.05, 4.69) is 26.5 Å². The van der Waals surface area contributed by atoms with Gasteiger partial charge in [-0.05, 0) is 37.5 Å². The van der Waals surface area contributed by atoms with Crippen LogP contribution in [0.4, 0.5) is 0 Å². The molecule has 0 saturated carbocycles. The summed E-state index contributed by atoms with van der Waals surface area (Å²) in [4.78, 5) is 0. The lowest BCUT2D eigenvalue weighted by molar-refractivity contribution is 0.0442. The molecule has 0 spiro atoms. The van der Waals surface area contributed by atoms with Crippen LogP contribution < -0.4 is 4.74 Å². The Morgan fingerprint density at radius 2 is 2.25 bits per heavy atom. The molecule has 16 heavy (non-hydrogen) atoms. The van der Waals surface area contributed by atoms with Crippen molar-refractivity contribution in [2.24, 2.45) is 0 Å². The third-order valence-corrected chi connectivity index (χ3v) is 3.38. The molecule has 1 aliphatic rings. The van der Waals surface area contributed by atoms with E-state index in [9.17, 15) is 5.11 Å². The highest BCUT2D eigenvalue weighted by atomic mass is 16.5. The summed E-state index contributed by atoms with van der Waals surface area (Å²) >= 11 is 0. The van der Waals surface area contributed by atoms with Gasteiger partial charge < -0.3 is 9.84 Å². The molecule has 1 atom stereocenters. The van der Waals surface area contributed by atoms with Gasteiger partial charge in [0.15, 0.2) is 0 Å². The molecular formula is C14H18O2. The molecule has 0 aliphatic carbocycles. The summed E-state index contributed by atoms with van der Waals surface area (Å²) in [5.41, 5.74) is 4.19. The molecule has 0 amide bonds. The van der Waals surface area contributed by atoms with Crippen molar-refractivity contribution in [1.82, 2.24) is 0 Å². The van der Waals surface area contributed by atoms with E-state index < -0.39 is 5.60 Å². The van der Waals surface area contributed by atoms with Crippen LogP contribution in [0.2, 0.25) is 0 Å². The van der Waals surface area contributed by atoms with Crippen molar-refractivity contribution in [2.75, 3.05) is 6.61 Å². The van der Waals surface area contributed by atoms with Crippen LogP contribution >= 0.6 is 0 Å². The topological polar surface area (TPSA) is 29.5 Å². The number of hydrogen-bond acceptors (Lipinski definition) is 2. The Morgan fingerprint density at radius 3 is 2.81 bits per heavy atom. The van der Waals surface area contributed by atoms with Gasteiger partial charge in [-0.15, -0.1) is 0 Å². The molecule has 1 heterocycles. The Bertz CT molecular complexity index is 449. The van der Waals surface area contributed by atoms with Gasteiger partial charge in [0, 0.05) is 12.0 Å². The first-order valence-corrected chi connectivity index (χ1v) is 5.56. The van der Waals surface area contributed by atoms with Crippen LogP contribution in [0.3, 0.4) is 0 Å². The van der Waals surface area contributed by atoms with Gasteiger partial charge in [0.25, 0.3) is 0 Å². The molecule has 1 aromatic rings. The maximum atomic E-state index is 9.37. The van der Waals surface area contributed by atoms with E-state index in [4.69, 9.17) is 4.74 Å². The third kappa shape index (κ3) is 1.54. The van der Waals surface area contributed by atoms with Gasteiger partial charge in [0.05, 0.1) is 6.61 Å². The molecule has 2 rings (SSSR count). The van der Waals surface area contributed by atoms with E-state index in [1.807, 2.05) is 13.0 Å². The summed E-state index contributed by atoms with van der Waals surface area (Å²) in [6, 6.07) is 2.13. The minimum absolute atomic E-state index is 0.0384. The molecule has 0 aromatic heterocycles. The third-order valence-electron chi connectivity index (χ3n) is 3.38. The summed E-state index contributed by atoms with van der Waals surface area (Å²) in [5.74, 6) is 0.937. The van der Waals surface area contributed by atoms with Gasteiger partial charge in [-0.1, -0.05) is 18.7 Å². The number of ether oxygens (including phenoxy) is 1. The fraction of sp³-hybridized carbons (Fsp3) is 0.429. The van der Waals surface area contributed by atoms with Crippen molar-refractivity contribution < 1.29 is 9.84 Å². The molecule has 0 saturated heterocycles. The highest BCUT2D eigenvalue weighted by Gasteiger charge is 2.36. The van der Waals surface area contributed by atoms with E-state index in [1.165, 1.54) is 11.1 Å². The van der Waals surface area contributed by atoms with Gasteiger partial charge in [-0.3, -0.25) is 0 Å². The predicted molar refractivity (Wildman–Crippen MR) is 65.8 cm³/mol. The van der Waals surface area contributed by atoms with Crippen LogP contribution in [-0.2, 0) is 6.42 Å². The lowest BCUT2D eigenvalue weighted by Crippen LogP contribution is -2.34. The zero-order valence-electron chi connectivity index (χ0n) is 10.1. The first kappa shape index (κ1) is 11.2. The first-order valence-electron chi connectivity index (χ1n) is 5.56. The molecule has 1 aliphatic heterocycles. The van der Waals surface area contributed by atoms with Gasteiger partial charge in [-0.2, -0.15) is 0 Å². The van der Waals surface area contributed by atoms with Crippen LogP contribution in [-0.4, -0.2) is 17.3 Å². The highest BCUT2D eigenvalue weighted by molar-refractivity contribution is 5.63. The summed E-state index contributed by atoms with van der Waals surface area (Å²) in [6.07, 6.45) is 2.61. The molecule has 1 aromatic carbocycles. The summed E-state index contributed by atoms with van der Waals surface area (Å²) in [5, 5.41) is 9.37. The van der Waals surface area contributed by atoms with Crippen molar-refractivity contribution in [3.8, 4) is 5.75 Å². The van der Waals surface area contributed by atoms with Crippen molar-refractivity contribution in [3.63, 3.8) is 0 Å². The summed E-state index contributed by atoms with van der Waals surface area (Å²) < 4.78 is 5.90. The van der Waals surface area contributed by atoms with Gasteiger partial charge >= 0.3 is 0 Å². The summed E-state index contributed by atoms with van der Waals surface area (Å²) in [7, 11) is 0. The Labute approximate surface area is 96.6 Å². The van der Waals surface area contributed by atoms with E-state index in [-0.39, 0.29) is 6.61 Å². The van der Waals surface area contributed by atoms with Crippen LogP contribution in [0.1, 0.15) is 29.2 Å². The Kier molecular flexibility index (Phi) is 2.55. The van der Waals surface area contributed by atoms with Crippen molar-refractivity contribution in [2.45, 2.75) is 32.8 Å². The Balaban J connectivity index is 2.59. The number of rotatable bonds is 2. The quantitative estimate of drug-likeness (QED) is 0.827. The van der Waals surface area contributed by atoms with E-state index in [1.54, 1.807) is 0 Å². The largest absolute Gasteiger partial charge is 0.484 e. The molecular weight excluding hydrogens is 200 g/mol. The first-order chi connectivity index (χ1) is 7.50. The van der Waals surface area contributed by atoms with Crippen molar-refractivity contribution >= 4 is 6.08 Å². The van der Waals surface area contributed by atoms with Crippen molar-refractivity contribution in [3.05, 3.63) is 34.9 Å². The average molecular weight is 218 g/mol. The Hall–Kier alpha value is -1.28. The fourth-order valence-electron chi connectivity index (χ4n) is 2.21. The van der Waals surface area contributed by atoms with E-state index in [0.29, 0.717) is 0 Å². The molecule has 1 N–H and O–H groups in total. The number of aryl methyl sites for hydroxylation is 1. The van der Waals surface area contributed by atoms with Crippen LogP contribution in [0.25, 0.3) is 6.08 Å². The Morgan fingerprint density at radius 1 is 1.56 bits per heavy atom. The van der Waals surface area contributed by atoms with Gasteiger partial charge in [-0.25, -0.2) is 0 Å². The number of fused-ring (bicyclic) bond motifs is 1.